The summed E-state index contributed by atoms with van der Waals surface area (Å²) in [6, 6.07) is 60.8. The summed E-state index contributed by atoms with van der Waals surface area (Å²) >= 11 is 0. The molecule has 15 nitrogen and oxygen atoms in total. The molecule has 390 valence electrons. The van der Waals surface area contributed by atoms with Crippen molar-refractivity contribution in [3.05, 3.63) is 251 Å². The van der Waals surface area contributed by atoms with Crippen LogP contribution in [0.2, 0.25) is 0 Å². The van der Waals surface area contributed by atoms with Gasteiger partial charge in [-0.25, -0.2) is 19.2 Å². The van der Waals surface area contributed by atoms with Crippen LogP contribution in [0.4, 0.5) is 0 Å². The van der Waals surface area contributed by atoms with Gasteiger partial charge in [0, 0.05) is 0 Å². The second-order valence-corrected chi connectivity index (χ2v) is 17.9. The van der Waals surface area contributed by atoms with Gasteiger partial charge in [0.05, 0.1) is 48.7 Å². The number of hydrogen-bond acceptors (Lipinski definition) is 15. The van der Waals surface area contributed by atoms with E-state index in [0.29, 0.717) is 0 Å². The summed E-state index contributed by atoms with van der Waals surface area (Å²) in [5.41, 5.74) is 3.11. The van der Waals surface area contributed by atoms with Crippen LogP contribution < -0.4 is 0 Å². The van der Waals surface area contributed by atoms with E-state index in [9.17, 15) is 24.3 Å². The van der Waals surface area contributed by atoms with Crippen molar-refractivity contribution in [3.8, 4) is 0 Å². The predicted octanol–water partition coefficient (Wildman–Crippen LogP) is 8.74. The second kappa shape index (κ2) is 26.6. The number of aliphatic hydroxyl groups excluding tert-OH is 1. The molecule has 0 amide bonds. The average molecular weight is 1030 g/mol. The van der Waals surface area contributed by atoms with Gasteiger partial charge in [-0.2, -0.15) is 0 Å². The van der Waals surface area contributed by atoms with Crippen molar-refractivity contribution in [2.45, 2.75) is 81.2 Å². The Labute approximate surface area is 439 Å². The highest BCUT2D eigenvalue weighted by Gasteiger charge is 2.55. The number of ether oxygens (including phenoxy) is 10. The normalized spacial score (nSPS) is 23.1. The van der Waals surface area contributed by atoms with E-state index >= 15 is 0 Å². The minimum absolute atomic E-state index is 0.0795. The zero-order valence-electron chi connectivity index (χ0n) is 41.2. The van der Waals surface area contributed by atoms with Gasteiger partial charge in [-0.1, -0.05) is 164 Å². The van der Waals surface area contributed by atoms with Crippen molar-refractivity contribution in [3.63, 3.8) is 0 Å². The Morgan fingerprint density at radius 1 is 0.342 bits per heavy atom. The highest BCUT2D eigenvalue weighted by molar-refractivity contribution is 5.91. The number of carbonyl (C=O) groups excluding carboxylic acids is 4. The molecule has 76 heavy (non-hydrogen) atoms. The van der Waals surface area contributed by atoms with Crippen molar-refractivity contribution < 1.29 is 71.7 Å². The first kappa shape index (κ1) is 53.0. The smallest absolute Gasteiger partial charge is 0.338 e. The molecule has 9 rings (SSSR count). The maximum absolute atomic E-state index is 14.3. The molecular formula is C61H56O15. The van der Waals surface area contributed by atoms with Crippen LogP contribution in [0.5, 0.6) is 0 Å². The first-order valence-corrected chi connectivity index (χ1v) is 24.8. The summed E-state index contributed by atoms with van der Waals surface area (Å²) in [5, 5.41) is 11.9. The lowest BCUT2D eigenvalue weighted by Gasteiger charge is -2.46. The second-order valence-electron chi connectivity index (χ2n) is 17.9. The standard InChI is InChI=1S/C61H56O15/c62-56(44-28-14-4-15-29-44)70-39-49-51(74-57(63)45-30-16-5-17-31-45)53(75-58(64)46-32-18-6-19-33-46)55(76-59(65)47-34-20-7-21-35-47)61(73-49)71-40-48-50(67-36-41-22-8-1-9-23-41)52(68-37-42-24-10-2-11-25-42)54(60(66)72-48)69-38-43-26-12-3-13-27-43/h1-35,48-55,60-61,66H,36-40H2/t48-,49-,50+,51-,52+,53+,54-,55-,60+,61-/m1/s1. The van der Waals surface area contributed by atoms with Gasteiger partial charge in [0.15, 0.2) is 30.9 Å². The summed E-state index contributed by atoms with van der Waals surface area (Å²) in [7, 11) is 0. The van der Waals surface area contributed by atoms with Crippen LogP contribution in [0.25, 0.3) is 0 Å². The van der Waals surface area contributed by atoms with E-state index in [1.807, 2.05) is 91.0 Å². The molecule has 0 unspecified atom stereocenters. The Morgan fingerprint density at radius 3 is 1.12 bits per heavy atom. The largest absolute Gasteiger partial charge is 0.459 e. The van der Waals surface area contributed by atoms with Gasteiger partial charge in [0.25, 0.3) is 0 Å². The minimum Gasteiger partial charge on any atom is -0.459 e. The molecule has 7 aromatic carbocycles. The van der Waals surface area contributed by atoms with E-state index < -0.39 is 98.5 Å². The van der Waals surface area contributed by atoms with Crippen molar-refractivity contribution in [2.75, 3.05) is 13.2 Å². The number of aliphatic hydroxyl groups is 1. The lowest BCUT2D eigenvalue weighted by molar-refractivity contribution is -0.337. The van der Waals surface area contributed by atoms with Crippen LogP contribution in [0, 0.1) is 0 Å². The summed E-state index contributed by atoms with van der Waals surface area (Å²) in [4.78, 5) is 56.2. The molecule has 2 saturated heterocycles. The van der Waals surface area contributed by atoms with Crippen molar-refractivity contribution in [2.24, 2.45) is 0 Å². The van der Waals surface area contributed by atoms with Gasteiger partial charge in [0.1, 0.15) is 37.1 Å². The van der Waals surface area contributed by atoms with Crippen molar-refractivity contribution >= 4 is 23.9 Å². The molecule has 15 heteroatoms. The number of benzene rings is 7. The van der Waals surface area contributed by atoms with Gasteiger partial charge in [-0.3, -0.25) is 0 Å². The Balaban J connectivity index is 1.09. The summed E-state index contributed by atoms with van der Waals surface area (Å²) in [5.74, 6) is -3.33. The number of hydrogen-bond donors (Lipinski definition) is 1. The van der Waals surface area contributed by atoms with E-state index in [4.69, 9.17) is 47.4 Å². The van der Waals surface area contributed by atoms with Gasteiger partial charge in [-0.05, 0) is 65.2 Å². The Kier molecular flexibility index (Phi) is 18.5. The maximum Gasteiger partial charge on any atom is 0.338 e. The molecule has 0 radical (unpaired) electrons. The molecule has 7 aromatic rings. The molecule has 0 aromatic heterocycles. The van der Waals surface area contributed by atoms with E-state index in [-0.39, 0.29) is 42.1 Å². The van der Waals surface area contributed by atoms with Gasteiger partial charge >= 0.3 is 23.9 Å². The molecule has 2 heterocycles. The van der Waals surface area contributed by atoms with E-state index in [0.717, 1.165) is 16.7 Å². The summed E-state index contributed by atoms with van der Waals surface area (Å²) in [6.45, 7) is -0.732. The fourth-order valence-corrected chi connectivity index (χ4v) is 8.75. The molecule has 1 N–H and O–H groups in total. The van der Waals surface area contributed by atoms with Crippen LogP contribution in [0.1, 0.15) is 58.1 Å². The lowest BCUT2D eigenvalue weighted by atomic mass is 9.96. The number of esters is 4. The maximum atomic E-state index is 14.3. The quantitative estimate of drug-likeness (QED) is 0.0533. The summed E-state index contributed by atoms with van der Waals surface area (Å²) < 4.78 is 64.1. The Bertz CT molecular complexity index is 2900. The first-order valence-electron chi connectivity index (χ1n) is 24.8. The van der Waals surface area contributed by atoms with E-state index in [1.54, 1.807) is 84.9 Å². The van der Waals surface area contributed by atoms with Gasteiger partial charge < -0.3 is 52.5 Å². The Hall–Kier alpha value is -7.86. The van der Waals surface area contributed by atoms with Crippen molar-refractivity contribution in [1.82, 2.24) is 0 Å². The molecule has 10 atom stereocenters. The zero-order chi connectivity index (χ0) is 52.5. The summed E-state index contributed by atoms with van der Waals surface area (Å²) in [6.07, 6.45) is -14.0. The van der Waals surface area contributed by atoms with Gasteiger partial charge in [-0.15, -0.1) is 0 Å². The molecular weight excluding hydrogens is 973 g/mol. The molecule has 2 fully saturated rings. The molecule has 0 spiro atoms. The van der Waals surface area contributed by atoms with Crippen LogP contribution in [0.3, 0.4) is 0 Å². The lowest BCUT2D eigenvalue weighted by Crippen LogP contribution is -2.64. The Morgan fingerprint density at radius 2 is 0.684 bits per heavy atom. The predicted molar refractivity (Wildman–Crippen MR) is 274 cm³/mol. The topological polar surface area (TPSA) is 181 Å². The van der Waals surface area contributed by atoms with E-state index in [1.165, 1.54) is 36.4 Å². The highest BCUT2D eigenvalue weighted by atomic mass is 16.7. The van der Waals surface area contributed by atoms with Gasteiger partial charge in [0.2, 0.25) is 0 Å². The molecule has 0 bridgehead atoms. The zero-order valence-corrected chi connectivity index (χ0v) is 41.2. The van der Waals surface area contributed by atoms with Crippen LogP contribution in [-0.4, -0.2) is 104 Å². The average Bonchev–Trinajstić information content (AvgIpc) is 3.50. The first-order chi connectivity index (χ1) is 37.3. The van der Waals surface area contributed by atoms with E-state index in [2.05, 4.69) is 0 Å². The SMILES string of the molecule is O=C(OC[C@H]1O[C@@H](OC[C@H]2O[C@H](O)[C@H](OCc3ccccc3)[C@@H](OCc3ccccc3)[C@H]2OCc2ccccc2)[C@H](OC(=O)c2ccccc2)[C@@H](OC(=O)c2ccccc2)[C@@H]1OC(=O)c1ccccc1)c1ccccc1. The fourth-order valence-electron chi connectivity index (χ4n) is 8.75. The molecule has 0 saturated carbocycles. The third-order valence-corrected chi connectivity index (χ3v) is 12.6. The minimum atomic E-state index is -1.70. The molecule has 0 aliphatic carbocycles. The number of carbonyl (C=O) groups is 4. The van der Waals surface area contributed by atoms with Crippen LogP contribution in [-0.2, 0) is 67.2 Å². The molecule has 2 aliphatic heterocycles. The van der Waals surface area contributed by atoms with Crippen LogP contribution in [0.15, 0.2) is 212 Å². The molecule has 2 aliphatic rings. The third-order valence-electron chi connectivity index (χ3n) is 12.6. The number of rotatable bonds is 21. The van der Waals surface area contributed by atoms with Crippen molar-refractivity contribution in [1.29, 1.82) is 0 Å². The van der Waals surface area contributed by atoms with Crippen LogP contribution >= 0.6 is 0 Å². The third kappa shape index (κ3) is 14.1. The fraction of sp³-hybridized carbons (Fsp3) is 0.246. The monoisotopic (exact) mass is 1030 g/mol. The highest BCUT2D eigenvalue weighted by Crippen LogP contribution is 2.35.